The van der Waals surface area contributed by atoms with Crippen LogP contribution in [-0.2, 0) is 4.79 Å². The molecule has 2 amide bonds. The van der Waals surface area contributed by atoms with Crippen LogP contribution in [0.5, 0.6) is 0 Å². The SMILES string of the molecule is CC(=O)Nc1nc(C(=O)N2CCC(NCC3CC3)CC2)cs1. The van der Waals surface area contributed by atoms with E-state index < -0.39 is 0 Å². The topological polar surface area (TPSA) is 74.3 Å². The van der Waals surface area contributed by atoms with Gasteiger partial charge in [-0.3, -0.25) is 9.59 Å². The van der Waals surface area contributed by atoms with Crippen LogP contribution in [0.3, 0.4) is 0 Å². The standard InChI is InChI=1S/C15H22N4O2S/c1-10(20)17-15-18-13(9-22-15)14(21)19-6-4-12(5-7-19)16-8-11-2-3-11/h9,11-12,16H,2-8H2,1H3,(H,17,18,20). The summed E-state index contributed by atoms with van der Waals surface area (Å²) in [7, 11) is 0. The molecule has 1 saturated heterocycles. The predicted octanol–water partition coefficient (Wildman–Crippen LogP) is 1.71. The fraction of sp³-hybridized carbons (Fsp3) is 0.667. The number of anilines is 1. The highest BCUT2D eigenvalue weighted by Gasteiger charge is 2.27. The number of rotatable bonds is 5. The lowest BCUT2D eigenvalue weighted by molar-refractivity contribution is -0.114. The number of amides is 2. The van der Waals surface area contributed by atoms with E-state index in [-0.39, 0.29) is 11.8 Å². The number of piperidine rings is 1. The molecule has 2 fully saturated rings. The van der Waals surface area contributed by atoms with Crippen LogP contribution in [-0.4, -0.2) is 47.4 Å². The quantitative estimate of drug-likeness (QED) is 0.865. The van der Waals surface area contributed by atoms with Crippen molar-refractivity contribution in [3.05, 3.63) is 11.1 Å². The van der Waals surface area contributed by atoms with E-state index in [4.69, 9.17) is 0 Å². The molecule has 2 N–H and O–H groups in total. The molecule has 22 heavy (non-hydrogen) atoms. The molecule has 1 aromatic heterocycles. The highest BCUT2D eigenvalue weighted by Crippen LogP contribution is 2.28. The maximum atomic E-state index is 12.4. The normalized spacial score (nSPS) is 19.2. The highest BCUT2D eigenvalue weighted by atomic mass is 32.1. The van der Waals surface area contributed by atoms with E-state index in [1.807, 2.05) is 4.90 Å². The number of nitrogens with one attached hydrogen (secondary N) is 2. The second-order valence-corrected chi connectivity index (χ2v) is 7.00. The maximum absolute atomic E-state index is 12.4. The number of carbonyl (C=O) groups excluding carboxylic acids is 2. The molecule has 1 aliphatic carbocycles. The zero-order valence-electron chi connectivity index (χ0n) is 12.8. The number of nitrogens with zero attached hydrogens (tertiary/aromatic N) is 2. The summed E-state index contributed by atoms with van der Waals surface area (Å²) >= 11 is 1.29. The van der Waals surface area contributed by atoms with Crippen molar-refractivity contribution in [1.29, 1.82) is 0 Å². The third-order valence-electron chi connectivity index (χ3n) is 4.18. The van der Waals surface area contributed by atoms with Crippen molar-refractivity contribution < 1.29 is 9.59 Å². The van der Waals surface area contributed by atoms with Gasteiger partial charge in [-0.25, -0.2) is 4.98 Å². The monoisotopic (exact) mass is 322 g/mol. The Hall–Kier alpha value is -1.47. The lowest BCUT2D eigenvalue weighted by atomic mass is 10.0. The van der Waals surface area contributed by atoms with Crippen LogP contribution in [0.4, 0.5) is 5.13 Å². The first-order chi connectivity index (χ1) is 10.6. The number of hydrogen-bond donors (Lipinski definition) is 2. The van der Waals surface area contributed by atoms with Crippen molar-refractivity contribution in [2.75, 3.05) is 25.0 Å². The van der Waals surface area contributed by atoms with Crippen LogP contribution in [0, 0.1) is 5.92 Å². The second-order valence-electron chi connectivity index (χ2n) is 6.14. The first-order valence-electron chi connectivity index (χ1n) is 7.87. The van der Waals surface area contributed by atoms with Gasteiger partial charge in [0, 0.05) is 31.4 Å². The van der Waals surface area contributed by atoms with E-state index in [0.717, 1.165) is 38.4 Å². The number of likely N-dealkylation sites (tertiary alicyclic amines) is 1. The summed E-state index contributed by atoms with van der Waals surface area (Å²) in [6.07, 6.45) is 4.73. The fourth-order valence-electron chi connectivity index (χ4n) is 2.68. The Morgan fingerprint density at radius 2 is 2.05 bits per heavy atom. The van der Waals surface area contributed by atoms with Gasteiger partial charge in [-0.1, -0.05) is 0 Å². The molecule has 1 aromatic rings. The van der Waals surface area contributed by atoms with E-state index in [2.05, 4.69) is 15.6 Å². The van der Waals surface area contributed by atoms with Crippen molar-refractivity contribution in [3.8, 4) is 0 Å². The summed E-state index contributed by atoms with van der Waals surface area (Å²) in [5.41, 5.74) is 0.429. The molecular weight excluding hydrogens is 300 g/mol. The predicted molar refractivity (Wildman–Crippen MR) is 86.1 cm³/mol. The number of aromatic nitrogens is 1. The molecule has 6 nitrogen and oxygen atoms in total. The van der Waals surface area contributed by atoms with Crippen LogP contribution in [0.15, 0.2) is 5.38 Å². The molecule has 0 spiro atoms. The van der Waals surface area contributed by atoms with Crippen molar-refractivity contribution >= 4 is 28.3 Å². The third-order valence-corrected chi connectivity index (χ3v) is 4.94. The molecule has 7 heteroatoms. The second kappa shape index (κ2) is 6.75. The molecule has 120 valence electrons. The summed E-state index contributed by atoms with van der Waals surface area (Å²) in [6, 6.07) is 0.537. The molecule has 2 aliphatic rings. The van der Waals surface area contributed by atoms with E-state index in [0.29, 0.717) is 16.9 Å². The zero-order valence-corrected chi connectivity index (χ0v) is 13.6. The first kappa shape index (κ1) is 15.4. The van der Waals surface area contributed by atoms with Gasteiger partial charge in [0.25, 0.3) is 5.91 Å². The van der Waals surface area contributed by atoms with Gasteiger partial charge < -0.3 is 15.5 Å². The van der Waals surface area contributed by atoms with Crippen LogP contribution < -0.4 is 10.6 Å². The van der Waals surface area contributed by atoms with Gasteiger partial charge in [0.15, 0.2) is 5.13 Å². The van der Waals surface area contributed by atoms with Gasteiger partial charge in [0.1, 0.15) is 5.69 Å². The summed E-state index contributed by atoms with van der Waals surface area (Å²) < 4.78 is 0. The largest absolute Gasteiger partial charge is 0.337 e. The highest BCUT2D eigenvalue weighted by molar-refractivity contribution is 7.14. The molecule has 1 aliphatic heterocycles. The average Bonchev–Trinajstić information content (AvgIpc) is 3.23. The van der Waals surface area contributed by atoms with E-state index >= 15 is 0 Å². The van der Waals surface area contributed by atoms with Crippen LogP contribution in [0.1, 0.15) is 43.1 Å². The van der Waals surface area contributed by atoms with Gasteiger partial charge in [-0.15, -0.1) is 11.3 Å². The summed E-state index contributed by atoms with van der Waals surface area (Å²) in [5, 5.41) is 8.42. The van der Waals surface area contributed by atoms with Crippen LogP contribution in [0.25, 0.3) is 0 Å². The minimum atomic E-state index is -0.170. The minimum absolute atomic E-state index is 0.0338. The number of thiazole rings is 1. The smallest absolute Gasteiger partial charge is 0.273 e. The van der Waals surface area contributed by atoms with Gasteiger partial charge in [0.05, 0.1) is 0 Å². The molecule has 0 aromatic carbocycles. The Morgan fingerprint density at radius 1 is 1.32 bits per heavy atom. The van der Waals surface area contributed by atoms with E-state index in [1.54, 1.807) is 5.38 Å². The number of carbonyl (C=O) groups is 2. The molecule has 0 bridgehead atoms. The van der Waals surface area contributed by atoms with Gasteiger partial charge in [-0.05, 0) is 38.1 Å². The van der Waals surface area contributed by atoms with Crippen molar-refractivity contribution in [2.24, 2.45) is 5.92 Å². The Morgan fingerprint density at radius 3 is 2.68 bits per heavy atom. The minimum Gasteiger partial charge on any atom is -0.337 e. The van der Waals surface area contributed by atoms with Crippen LogP contribution >= 0.6 is 11.3 Å². The Kier molecular flexibility index (Phi) is 4.73. The van der Waals surface area contributed by atoms with Crippen molar-refractivity contribution in [2.45, 2.75) is 38.6 Å². The Balaban J connectivity index is 1.48. The maximum Gasteiger partial charge on any atom is 0.273 e. The fourth-order valence-corrected chi connectivity index (χ4v) is 3.41. The molecule has 3 rings (SSSR count). The molecule has 0 radical (unpaired) electrons. The first-order valence-corrected chi connectivity index (χ1v) is 8.75. The Labute approximate surface area is 134 Å². The summed E-state index contributed by atoms with van der Waals surface area (Å²) in [4.78, 5) is 29.5. The average molecular weight is 322 g/mol. The lowest BCUT2D eigenvalue weighted by Gasteiger charge is -2.32. The van der Waals surface area contributed by atoms with E-state index in [9.17, 15) is 9.59 Å². The Bertz CT molecular complexity index is 547. The zero-order chi connectivity index (χ0) is 15.5. The lowest BCUT2D eigenvalue weighted by Crippen LogP contribution is -2.45. The molecular formula is C15H22N4O2S. The van der Waals surface area contributed by atoms with E-state index in [1.165, 1.54) is 31.1 Å². The van der Waals surface area contributed by atoms with Gasteiger partial charge in [0.2, 0.25) is 5.91 Å². The molecule has 0 atom stereocenters. The van der Waals surface area contributed by atoms with Gasteiger partial charge in [-0.2, -0.15) is 0 Å². The summed E-state index contributed by atoms with van der Waals surface area (Å²) in [5.74, 6) is 0.686. The van der Waals surface area contributed by atoms with Crippen LogP contribution in [0.2, 0.25) is 0 Å². The van der Waals surface area contributed by atoms with Gasteiger partial charge >= 0.3 is 0 Å². The van der Waals surface area contributed by atoms with Crippen molar-refractivity contribution in [1.82, 2.24) is 15.2 Å². The third kappa shape index (κ3) is 4.04. The number of hydrogen-bond acceptors (Lipinski definition) is 5. The summed E-state index contributed by atoms with van der Waals surface area (Å²) in [6.45, 7) is 4.11. The molecule has 2 heterocycles. The molecule has 1 saturated carbocycles. The molecule has 0 unspecified atom stereocenters. The van der Waals surface area contributed by atoms with Crippen molar-refractivity contribution in [3.63, 3.8) is 0 Å².